The summed E-state index contributed by atoms with van der Waals surface area (Å²) in [5.41, 5.74) is 1.47. The van der Waals surface area contributed by atoms with Crippen LogP contribution in [-0.2, 0) is 12.5 Å². The number of aromatic nitrogens is 2. The minimum Gasteiger partial charge on any atom is -0.387 e. The lowest BCUT2D eigenvalue weighted by Crippen LogP contribution is -2.18. The van der Waals surface area contributed by atoms with Gasteiger partial charge in [0, 0.05) is 24.2 Å². The number of aryl methyl sites for hydroxylation is 1. The molecule has 0 aromatic carbocycles. The van der Waals surface area contributed by atoms with Crippen molar-refractivity contribution in [1.29, 1.82) is 5.26 Å². The van der Waals surface area contributed by atoms with Crippen LogP contribution < -0.4 is 0 Å². The van der Waals surface area contributed by atoms with Crippen LogP contribution in [0.25, 0.3) is 0 Å². The largest absolute Gasteiger partial charge is 0.387 e. The third-order valence-electron chi connectivity index (χ3n) is 2.56. The van der Waals surface area contributed by atoms with Gasteiger partial charge in [0.1, 0.15) is 0 Å². The summed E-state index contributed by atoms with van der Waals surface area (Å²) in [5.74, 6) is -0.426. The van der Waals surface area contributed by atoms with Crippen LogP contribution in [0.5, 0.6) is 0 Å². The molecule has 1 aromatic rings. The average molecular weight is 221 g/mol. The van der Waals surface area contributed by atoms with Gasteiger partial charge in [-0.15, -0.1) is 0 Å². The molecule has 2 atom stereocenters. The van der Waals surface area contributed by atoms with Crippen LogP contribution in [0.2, 0.25) is 0 Å². The first-order chi connectivity index (χ1) is 7.27. The van der Waals surface area contributed by atoms with Gasteiger partial charge in [0.15, 0.2) is 0 Å². The number of hydrogen-bond acceptors (Lipinski definition) is 3. The minimum atomic E-state index is -0.770. The molecular formula is C12H19N3O. The zero-order chi connectivity index (χ0) is 12.5. The van der Waals surface area contributed by atoms with Crippen molar-refractivity contribution in [3.63, 3.8) is 0 Å². The molecule has 0 radical (unpaired) electrons. The van der Waals surface area contributed by atoms with Gasteiger partial charge in [0.25, 0.3) is 0 Å². The van der Waals surface area contributed by atoms with Crippen LogP contribution >= 0.6 is 0 Å². The zero-order valence-electron chi connectivity index (χ0n) is 10.5. The van der Waals surface area contributed by atoms with E-state index in [0.717, 1.165) is 11.3 Å². The highest BCUT2D eigenvalue weighted by molar-refractivity contribution is 5.27. The maximum absolute atomic E-state index is 10.1. The van der Waals surface area contributed by atoms with E-state index in [9.17, 15) is 5.11 Å². The molecule has 2 unspecified atom stereocenters. The van der Waals surface area contributed by atoms with Crippen molar-refractivity contribution in [2.75, 3.05) is 0 Å². The van der Waals surface area contributed by atoms with Gasteiger partial charge in [-0.25, -0.2) is 0 Å². The van der Waals surface area contributed by atoms with Crippen molar-refractivity contribution in [1.82, 2.24) is 9.78 Å². The van der Waals surface area contributed by atoms with Gasteiger partial charge < -0.3 is 5.11 Å². The van der Waals surface area contributed by atoms with Crippen LogP contribution in [0.3, 0.4) is 0 Å². The highest BCUT2D eigenvalue weighted by atomic mass is 16.3. The molecule has 0 saturated heterocycles. The minimum absolute atomic E-state index is 0.132. The molecule has 88 valence electrons. The summed E-state index contributed by atoms with van der Waals surface area (Å²) in [6.07, 6.45) is 1.02. The summed E-state index contributed by atoms with van der Waals surface area (Å²) in [6.45, 7) is 7.85. The molecule has 0 spiro atoms. The van der Waals surface area contributed by atoms with E-state index in [0.29, 0.717) is 0 Å². The van der Waals surface area contributed by atoms with E-state index in [1.54, 1.807) is 17.8 Å². The van der Waals surface area contributed by atoms with Crippen LogP contribution in [0.1, 0.15) is 45.1 Å². The molecule has 0 aliphatic carbocycles. The van der Waals surface area contributed by atoms with Crippen molar-refractivity contribution in [3.05, 3.63) is 17.5 Å². The van der Waals surface area contributed by atoms with Crippen molar-refractivity contribution in [2.45, 2.75) is 39.2 Å². The van der Waals surface area contributed by atoms with Crippen LogP contribution in [-0.4, -0.2) is 14.9 Å². The number of nitrogens with zero attached hydrogens (tertiary/aromatic N) is 3. The maximum Gasteiger partial charge on any atom is 0.0978 e. The maximum atomic E-state index is 10.1. The molecule has 1 heterocycles. The Bertz CT molecular complexity index is 409. The summed E-state index contributed by atoms with van der Waals surface area (Å²) in [5, 5.41) is 23.3. The molecule has 1 N–H and O–H groups in total. The predicted molar refractivity (Wildman–Crippen MR) is 61.6 cm³/mol. The molecule has 0 amide bonds. The zero-order valence-corrected chi connectivity index (χ0v) is 10.5. The monoisotopic (exact) mass is 221 g/mol. The second-order valence-electron chi connectivity index (χ2n) is 5.22. The Morgan fingerprint density at radius 1 is 1.50 bits per heavy atom. The summed E-state index contributed by atoms with van der Waals surface area (Å²) < 4.78 is 1.68. The molecule has 0 bridgehead atoms. The number of rotatable bonds is 2. The van der Waals surface area contributed by atoms with E-state index in [1.165, 1.54) is 0 Å². The van der Waals surface area contributed by atoms with Crippen LogP contribution in [0, 0.1) is 17.2 Å². The van der Waals surface area contributed by atoms with E-state index >= 15 is 0 Å². The van der Waals surface area contributed by atoms with Gasteiger partial charge >= 0.3 is 0 Å². The molecular weight excluding hydrogens is 202 g/mol. The summed E-state index contributed by atoms with van der Waals surface area (Å²) in [7, 11) is 1.82. The first-order valence-corrected chi connectivity index (χ1v) is 5.39. The van der Waals surface area contributed by atoms with Crippen LogP contribution in [0.15, 0.2) is 6.20 Å². The molecule has 0 aliphatic rings. The Labute approximate surface area is 96.5 Å². The fraction of sp³-hybridized carbons (Fsp3) is 0.667. The van der Waals surface area contributed by atoms with Gasteiger partial charge in [-0.05, 0) is 6.92 Å². The van der Waals surface area contributed by atoms with E-state index < -0.39 is 12.0 Å². The third-order valence-corrected chi connectivity index (χ3v) is 2.56. The molecule has 4 nitrogen and oxygen atoms in total. The Morgan fingerprint density at radius 3 is 2.50 bits per heavy atom. The Kier molecular flexibility index (Phi) is 3.39. The van der Waals surface area contributed by atoms with Gasteiger partial charge in [-0.1, -0.05) is 20.8 Å². The Morgan fingerprint density at radius 2 is 2.06 bits per heavy atom. The molecule has 0 aliphatic heterocycles. The average Bonchev–Trinajstić information content (AvgIpc) is 2.57. The lowest BCUT2D eigenvalue weighted by molar-refractivity contribution is 0.140. The van der Waals surface area contributed by atoms with Gasteiger partial charge in [0.2, 0.25) is 0 Å². The Balaban J connectivity index is 3.19. The third kappa shape index (κ3) is 2.42. The SMILES string of the molecule is CC(C#N)C(O)c1cn(C)nc1C(C)(C)C. The van der Waals surface area contributed by atoms with Crippen LogP contribution in [0.4, 0.5) is 0 Å². The number of aliphatic hydroxyl groups is 1. The fourth-order valence-corrected chi connectivity index (χ4v) is 1.65. The molecule has 0 fully saturated rings. The number of aliphatic hydroxyl groups excluding tert-OH is 1. The van der Waals surface area contributed by atoms with E-state index in [-0.39, 0.29) is 5.41 Å². The standard InChI is InChI=1S/C12H19N3O/c1-8(6-13)10(16)9-7-15(5)14-11(9)12(2,3)4/h7-8,10,16H,1-5H3. The summed E-state index contributed by atoms with van der Waals surface area (Å²) in [4.78, 5) is 0. The van der Waals surface area contributed by atoms with E-state index in [4.69, 9.17) is 5.26 Å². The van der Waals surface area contributed by atoms with Crippen molar-refractivity contribution < 1.29 is 5.11 Å². The normalized spacial score (nSPS) is 15.6. The first kappa shape index (κ1) is 12.7. The van der Waals surface area contributed by atoms with Crippen molar-refractivity contribution >= 4 is 0 Å². The second-order valence-corrected chi connectivity index (χ2v) is 5.22. The first-order valence-electron chi connectivity index (χ1n) is 5.39. The molecule has 4 heteroatoms. The smallest absolute Gasteiger partial charge is 0.0978 e. The highest BCUT2D eigenvalue weighted by Crippen LogP contribution is 2.31. The van der Waals surface area contributed by atoms with Gasteiger partial charge in [-0.3, -0.25) is 4.68 Å². The van der Waals surface area contributed by atoms with Gasteiger partial charge in [0.05, 0.1) is 23.8 Å². The fourth-order valence-electron chi connectivity index (χ4n) is 1.65. The lowest BCUT2D eigenvalue weighted by atomic mass is 9.86. The van der Waals surface area contributed by atoms with E-state index in [1.807, 2.05) is 27.8 Å². The molecule has 16 heavy (non-hydrogen) atoms. The Hall–Kier alpha value is -1.34. The highest BCUT2D eigenvalue weighted by Gasteiger charge is 2.28. The molecule has 1 aromatic heterocycles. The predicted octanol–water partition coefficient (Wildman–Crippen LogP) is 1.91. The lowest BCUT2D eigenvalue weighted by Gasteiger charge is -2.20. The summed E-state index contributed by atoms with van der Waals surface area (Å²) in [6, 6.07) is 2.06. The topological polar surface area (TPSA) is 61.8 Å². The second kappa shape index (κ2) is 4.26. The molecule has 0 saturated carbocycles. The van der Waals surface area contributed by atoms with Crippen molar-refractivity contribution in [2.24, 2.45) is 13.0 Å². The quantitative estimate of drug-likeness (QED) is 0.829. The van der Waals surface area contributed by atoms with E-state index in [2.05, 4.69) is 11.2 Å². The van der Waals surface area contributed by atoms with Crippen molar-refractivity contribution in [3.8, 4) is 6.07 Å². The summed E-state index contributed by atoms with van der Waals surface area (Å²) >= 11 is 0. The number of nitriles is 1. The number of hydrogen-bond donors (Lipinski definition) is 1. The molecule has 1 rings (SSSR count). The van der Waals surface area contributed by atoms with Gasteiger partial charge in [-0.2, -0.15) is 10.4 Å².